The van der Waals surface area contributed by atoms with Gasteiger partial charge in [0, 0.05) is 0 Å². The molecular weight excluding hydrogens is 170 g/mol. The lowest BCUT2D eigenvalue weighted by Crippen LogP contribution is -1.74. The number of imidazole rings is 1. The first-order valence-electron chi connectivity index (χ1n) is 3.60. The van der Waals surface area contributed by atoms with Crippen molar-refractivity contribution in [3.8, 4) is 0 Å². The van der Waals surface area contributed by atoms with E-state index in [4.69, 9.17) is 0 Å². The van der Waals surface area contributed by atoms with Crippen LogP contribution in [-0.2, 0) is 0 Å². The van der Waals surface area contributed by atoms with E-state index in [0.717, 1.165) is 21.3 Å². The van der Waals surface area contributed by atoms with Crippen molar-refractivity contribution >= 4 is 32.6 Å². The normalized spacial score (nSPS) is 11.3. The smallest absolute Gasteiger partial charge is 0.109 e. The zero-order valence-corrected chi connectivity index (χ0v) is 6.93. The molecule has 0 aromatic carbocycles. The van der Waals surface area contributed by atoms with Gasteiger partial charge in [-0.3, -0.25) is 4.98 Å². The monoisotopic (exact) mass is 175 g/mol. The number of nitrogens with zero attached hydrogens (tertiary/aromatic N) is 2. The highest BCUT2D eigenvalue weighted by atomic mass is 32.1. The van der Waals surface area contributed by atoms with Gasteiger partial charge in [0.05, 0.1) is 28.3 Å². The summed E-state index contributed by atoms with van der Waals surface area (Å²) in [4.78, 5) is 11.5. The van der Waals surface area contributed by atoms with Gasteiger partial charge in [-0.15, -0.1) is 11.3 Å². The largest absolute Gasteiger partial charge is 0.343 e. The standard InChI is InChI=1S/C8H5N3S/c1-2-12-8-5(1)9-3-6-7(8)11-4-10-6/h1-4H,(H,10,11). The van der Waals surface area contributed by atoms with Crippen molar-refractivity contribution in [1.29, 1.82) is 0 Å². The molecule has 1 N–H and O–H groups in total. The number of nitrogens with one attached hydrogen (secondary N) is 1. The Labute approximate surface area is 72.1 Å². The first-order valence-corrected chi connectivity index (χ1v) is 4.48. The summed E-state index contributed by atoms with van der Waals surface area (Å²) in [5, 5.41) is 2.03. The molecule has 3 rings (SSSR count). The SMILES string of the molecule is c1nc2c(cnc3ccsc32)[nH]1. The minimum atomic E-state index is 1.00. The molecule has 0 radical (unpaired) electrons. The Morgan fingerprint density at radius 1 is 1.33 bits per heavy atom. The van der Waals surface area contributed by atoms with Gasteiger partial charge in [0.25, 0.3) is 0 Å². The number of fused-ring (bicyclic) bond motifs is 3. The van der Waals surface area contributed by atoms with E-state index in [2.05, 4.69) is 15.0 Å². The second kappa shape index (κ2) is 2.04. The van der Waals surface area contributed by atoms with E-state index in [9.17, 15) is 0 Å². The van der Waals surface area contributed by atoms with Gasteiger partial charge in [-0.1, -0.05) is 0 Å². The minimum Gasteiger partial charge on any atom is -0.343 e. The van der Waals surface area contributed by atoms with Crippen molar-refractivity contribution in [2.75, 3.05) is 0 Å². The second-order valence-corrected chi connectivity index (χ2v) is 3.47. The van der Waals surface area contributed by atoms with Gasteiger partial charge in [0.15, 0.2) is 0 Å². The number of pyridine rings is 1. The van der Waals surface area contributed by atoms with E-state index in [0.29, 0.717) is 0 Å². The zero-order chi connectivity index (χ0) is 7.97. The highest BCUT2D eigenvalue weighted by molar-refractivity contribution is 7.18. The predicted molar refractivity (Wildman–Crippen MR) is 49.3 cm³/mol. The summed E-state index contributed by atoms with van der Waals surface area (Å²) >= 11 is 1.68. The number of hydrogen-bond donors (Lipinski definition) is 1. The maximum absolute atomic E-state index is 4.28. The van der Waals surface area contributed by atoms with E-state index in [1.54, 1.807) is 17.7 Å². The minimum absolute atomic E-state index is 1.00. The number of H-pyrrole nitrogens is 1. The van der Waals surface area contributed by atoms with Crippen LogP contribution in [0.5, 0.6) is 0 Å². The maximum atomic E-state index is 4.28. The number of rotatable bonds is 0. The van der Waals surface area contributed by atoms with Gasteiger partial charge in [-0.05, 0) is 11.4 Å². The fraction of sp³-hybridized carbons (Fsp3) is 0. The number of aromatic nitrogens is 3. The fourth-order valence-electron chi connectivity index (χ4n) is 1.30. The number of thiophene rings is 1. The van der Waals surface area contributed by atoms with Gasteiger partial charge in [0.2, 0.25) is 0 Å². The fourth-order valence-corrected chi connectivity index (χ4v) is 2.15. The van der Waals surface area contributed by atoms with Gasteiger partial charge in [0.1, 0.15) is 5.52 Å². The van der Waals surface area contributed by atoms with Crippen molar-refractivity contribution in [1.82, 2.24) is 15.0 Å². The Hall–Kier alpha value is -1.42. The number of hydrogen-bond acceptors (Lipinski definition) is 3. The van der Waals surface area contributed by atoms with Gasteiger partial charge >= 0.3 is 0 Å². The second-order valence-electron chi connectivity index (χ2n) is 2.56. The molecule has 0 atom stereocenters. The predicted octanol–water partition coefficient (Wildman–Crippen LogP) is 2.17. The summed E-state index contributed by atoms with van der Waals surface area (Å²) in [5.41, 5.74) is 3.06. The molecule has 0 unspecified atom stereocenters. The van der Waals surface area contributed by atoms with Crippen LogP contribution >= 0.6 is 11.3 Å². The van der Waals surface area contributed by atoms with Crippen molar-refractivity contribution < 1.29 is 0 Å². The highest BCUT2D eigenvalue weighted by Crippen LogP contribution is 2.24. The third-order valence-electron chi connectivity index (χ3n) is 1.86. The summed E-state index contributed by atoms with van der Waals surface area (Å²) in [5.74, 6) is 0. The highest BCUT2D eigenvalue weighted by Gasteiger charge is 2.03. The average Bonchev–Trinajstić information content (AvgIpc) is 2.71. The molecular formula is C8H5N3S. The van der Waals surface area contributed by atoms with Crippen molar-refractivity contribution in [2.24, 2.45) is 0 Å². The van der Waals surface area contributed by atoms with Crippen LogP contribution in [0.15, 0.2) is 24.0 Å². The molecule has 0 spiro atoms. The van der Waals surface area contributed by atoms with Gasteiger partial charge in [-0.25, -0.2) is 4.98 Å². The van der Waals surface area contributed by atoms with Gasteiger partial charge in [-0.2, -0.15) is 0 Å². The van der Waals surface area contributed by atoms with E-state index in [-0.39, 0.29) is 0 Å². The summed E-state index contributed by atoms with van der Waals surface area (Å²) in [6, 6.07) is 2.01. The molecule has 12 heavy (non-hydrogen) atoms. The Morgan fingerprint density at radius 2 is 2.33 bits per heavy atom. The molecule has 0 amide bonds. The summed E-state index contributed by atoms with van der Waals surface area (Å²) in [6.45, 7) is 0. The van der Waals surface area contributed by atoms with Crippen LogP contribution in [0.2, 0.25) is 0 Å². The Kier molecular flexibility index (Phi) is 1.04. The molecule has 0 fully saturated rings. The quantitative estimate of drug-likeness (QED) is 0.569. The molecule has 3 aromatic rings. The van der Waals surface area contributed by atoms with Crippen LogP contribution in [0, 0.1) is 0 Å². The van der Waals surface area contributed by atoms with Crippen molar-refractivity contribution in [3.05, 3.63) is 24.0 Å². The molecule has 0 aliphatic rings. The topological polar surface area (TPSA) is 41.6 Å². The third-order valence-corrected chi connectivity index (χ3v) is 2.77. The molecule has 4 heteroatoms. The lowest BCUT2D eigenvalue weighted by Gasteiger charge is -1.88. The van der Waals surface area contributed by atoms with Crippen molar-refractivity contribution in [2.45, 2.75) is 0 Å². The van der Waals surface area contributed by atoms with Crippen LogP contribution in [0.1, 0.15) is 0 Å². The average molecular weight is 175 g/mol. The third kappa shape index (κ3) is 0.648. The molecule has 3 aromatic heterocycles. The molecule has 0 aliphatic heterocycles. The summed E-state index contributed by atoms with van der Waals surface area (Å²) in [7, 11) is 0. The first kappa shape index (κ1) is 6.14. The van der Waals surface area contributed by atoms with E-state index in [1.807, 2.05) is 17.6 Å². The molecule has 0 aliphatic carbocycles. The lowest BCUT2D eigenvalue weighted by atomic mass is 10.3. The van der Waals surface area contributed by atoms with Crippen LogP contribution in [0.3, 0.4) is 0 Å². The molecule has 0 saturated carbocycles. The molecule has 0 saturated heterocycles. The van der Waals surface area contributed by atoms with Crippen LogP contribution in [0.25, 0.3) is 21.3 Å². The van der Waals surface area contributed by atoms with Crippen LogP contribution < -0.4 is 0 Å². The van der Waals surface area contributed by atoms with E-state index >= 15 is 0 Å². The van der Waals surface area contributed by atoms with Crippen LogP contribution in [0.4, 0.5) is 0 Å². The summed E-state index contributed by atoms with van der Waals surface area (Å²) in [6.07, 6.45) is 3.52. The molecule has 3 nitrogen and oxygen atoms in total. The Balaban J connectivity index is 2.71. The number of aromatic amines is 1. The lowest BCUT2D eigenvalue weighted by molar-refractivity contribution is 1.34. The zero-order valence-electron chi connectivity index (χ0n) is 6.11. The van der Waals surface area contributed by atoms with Crippen molar-refractivity contribution in [3.63, 3.8) is 0 Å². The molecule has 0 bridgehead atoms. The molecule has 3 heterocycles. The van der Waals surface area contributed by atoms with E-state index < -0.39 is 0 Å². The summed E-state index contributed by atoms with van der Waals surface area (Å²) < 4.78 is 1.16. The first-order chi connectivity index (χ1) is 5.95. The Bertz CT molecular complexity index is 487. The van der Waals surface area contributed by atoms with Crippen LogP contribution in [-0.4, -0.2) is 15.0 Å². The van der Waals surface area contributed by atoms with Gasteiger partial charge < -0.3 is 4.98 Å². The maximum Gasteiger partial charge on any atom is 0.109 e. The molecule has 58 valence electrons. The Morgan fingerprint density at radius 3 is 3.33 bits per heavy atom. The van der Waals surface area contributed by atoms with E-state index in [1.165, 1.54) is 0 Å².